The van der Waals surface area contributed by atoms with Gasteiger partial charge in [0, 0.05) is 18.5 Å². The molecule has 26 heavy (non-hydrogen) atoms. The van der Waals surface area contributed by atoms with Gasteiger partial charge < -0.3 is 10.1 Å². The van der Waals surface area contributed by atoms with Crippen LogP contribution in [0.1, 0.15) is 30.6 Å². The fraction of sp³-hybridized carbons (Fsp3) is 0.250. The van der Waals surface area contributed by atoms with Gasteiger partial charge in [-0.05, 0) is 31.5 Å². The van der Waals surface area contributed by atoms with Gasteiger partial charge in [-0.25, -0.2) is 5.43 Å². The highest BCUT2D eigenvalue weighted by Gasteiger charge is 2.19. The Balaban J connectivity index is 1.89. The fourth-order valence-corrected chi connectivity index (χ4v) is 2.35. The molecule has 0 aromatic heterocycles. The molecule has 0 aliphatic heterocycles. The summed E-state index contributed by atoms with van der Waals surface area (Å²) in [5, 5.41) is 6.78. The second-order valence-corrected chi connectivity index (χ2v) is 5.94. The van der Waals surface area contributed by atoms with Crippen LogP contribution in [-0.2, 0) is 14.3 Å². The van der Waals surface area contributed by atoms with Crippen molar-refractivity contribution in [3.8, 4) is 0 Å². The van der Waals surface area contributed by atoms with Crippen molar-refractivity contribution in [1.82, 2.24) is 5.43 Å². The van der Waals surface area contributed by atoms with Crippen LogP contribution in [0.3, 0.4) is 0 Å². The lowest BCUT2D eigenvalue weighted by atomic mass is 10.1. The molecule has 0 spiro atoms. The molecule has 1 atom stereocenters. The summed E-state index contributed by atoms with van der Waals surface area (Å²) in [6.07, 6.45) is -0.675. The van der Waals surface area contributed by atoms with Crippen LogP contribution in [0.25, 0.3) is 0 Å². The number of amides is 2. The highest BCUT2D eigenvalue weighted by molar-refractivity contribution is 6.05. The van der Waals surface area contributed by atoms with E-state index in [0.29, 0.717) is 5.71 Å². The molecular formula is C20H23N3O3. The molecule has 0 heterocycles. The summed E-state index contributed by atoms with van der Waals surface area (Å²) in [6, 6.07) is 16.7. The lowest BCUT2D eigenvalue weighted by Gasteiger charge is -2.14. The molecule has 2 rings (SSSR count). The Bertz CT molecular complexity index is 771. The fourth-order valence-electron chi connectivity index (χ4n) is 2.35. The summed E-state index contributed by atoms with van der Waals surface area (Å²) < 4.78 is 5.24. The van der Waals surface area contributed by atoms with Crippen molar-refractivity contribution in [3.63, 3.8) is 0 Å². The Morgan fingerprint density at radius 3 is 2.35 bits per heavy atom. The minimum absolute atomic E-state index is 0.0805. The SMILES string of the molecule is CO[C@@H](C(=O)N/N=C(/C)CC(=O)Nc1ccc(C)cc1)c1ccccc1. The third-order valence-electron chi connectivity index (χ3n) is 3.68. The van der Waals surface area contributed by atoms with E-state index in [9.17, 15) is 9.59 Å². The maximum atomic E-state index is 12.2. The van der Waals surface area contributed by atoms with E-state index in [1.54, 1.807) is 19.1 Å². The van der Waals surface area contributed by atoms with Gasteiger partial charge in [-0.2, -0.15) is 5.10 Å². The highest BCUT2D eigenvalue weighted by Crippen LogP contribution is 2.16. The first-order valence-electron chi connectivity index (χ1n) is 8.27. The maximum Gasteiger partial charge on any atom is 0.273 e. The van der Waals surface area contributed by atoms with Gasteiger partial charge in [-0.1, -0.05) is 48.0 Å². The number of methoxy groups -OCH3 is 1. The molecule has 0 aliphatic carbocycles. The van der Waals surface area contributed by atoms with Crippen LogP contribution in [0.2, 0.25) is 0 Å². The van der Waals surface area contributed by atoms with Gasteiger partial charge in [0.05, 0.1) is 6.42 Å². The number of hydrazone groups is 1. The number of hydrogen-bond donors (Lipinski definition) is 2. The highest BCUT2D eigenvalue weighted by atomic mass is 16.5. The minimum Gasteiger partial charge on any atom is -0.367 e. The van der Waals surface area contributed by atoms with E-state index in [4.69, 9.17) is 4.74 Å². The normalized spacial score (nSPS) is 12.3. The third-order valence-corrected chi connectivity index (χ3v) is 3.68. The average molecular weight is 353 g/mol. The molecule has 2 aromatic carbocycles. The van der Waals surface area contributed by atoms with Gasteiger partial charge in [-0.15, -0.1) is 0 Å². The van der Waals surface area contributed by atoms with Crippen LogP contribution in [0, 0.1) is 6.92 Å². The number of carbonyl (C=O) groups excluding carboxylic acids is 2. The number of nitrogens with one attached hydrogen (secondary N) is 2. The largest absolute Gasteiger partial charge is 0.367 e. The molecule has 0 bridgehead atoms. The van der Waals surface area contributed by atoms with E-state index >= 15 is 0 Å². The summed E-state index contributed by atoms with van der Waals surface area (Å²) in [7, 11) is 1.46. The third kappa shape index (κ3) is 5.82. The van der Waals surface area contributed by atoms with E-state index in [1.807, 2.05) is 49.4 Å². The van der Waals surface area contributed by atoms with Crippen molar-refractivity contribution < 1.29 is 14.3 Å². The van der Waals surface area contributed by atoms with Crippen molar-refractivity contribution in [2.24, 2.45) is 5.10 Å². The van der Waals surface area contributed by atoms with Gasteiger partial charge in [-0.3, -0.25) is 9.59 Å². The summed E-state index contributed by atoms with van der Waals surface area (Å²) in [4.78, 5) is 24.3. The molecule has 0 fully saturated rings. The predicted molar refractivity (Wildman–Crippen MR) is 102 cm³/mol. The Kier molecular flexibility index (Phi) is 7.05. The second kappa shape index (κ2) is 9.48. The Labute approximate surface area is 153 Å². The topological polar surface area (TPSA) is 79.8 Å². The Morgan fingerprint density at radius 2 is 1.73 bits per heavy atom. The van der Waals surface area contributed by atoms with Crippen molar-refractivity contribution in [1.29, 1.82) is 0 Å². The Hall–Kier alpha value is -2.99. The molecule has 0 radical (unpaired) electrons. The number of anilines is 1. The number of hydrogen-bond acceptors (Lipinski definition) is 4. The standard InChI is InChI=1S/C20H23N3O3/c1-14-9-11-17(12-10-14)21-18(24)13-15(2)22-23-20(25)19(26-3)16-7-5-4-6-8-16/h4-12,19H,13H2,1-3H3,(H,21,24)(H,23,25)/b22-15-/t19-/m1/s1. The zero-order chi connectivity index (χ0) is 18.9. The number of nitrogens with zero attached hydrogens (tertiary/aromatic N) is 1. The van der Waals surface area contributed by atoms with E-state index in [-0.39, 0.29) is 12.3 Å². The van der Waals surface area contributed by atoms with Crippen LogP contribution in [0.15, 0.2) is 59.7 Å². The van der Waals surface area contributed by atoms with E-state index in [1.165, 1.54) is 7.11 Å². The van der Waals surface area contributed by atoms with Gasteiger partial charge in [0.1, 0.15) is 0 Å². The van der Waals surface area contributed by atoms with Gasteiger partial charge >= 0.3 is 0 Å². The molecular weight excluding hydrogens is 330 g/mol. The van der Waals surface area contributed by atoms with E-state index < -0.39 is 12.0 Å². The molecule has 2 N–H and O–H groups in total. The molecule has 2 amide bonds. The monoisotopic (exact) mass is 353 g/mol. The summed E-state index contributed by atoms with van der Waals surface area (Å²) in [5.74, 6) is -0.590. The predicted octanol–water partition coefficient (Wildman–Crippen LogP) is 3.20. The zero-order valence-electron chi connectivity index (χ0n) is 15.2. The van der Waals surface area contributed by atoms with Gasteiger partial charge in [0.2, 0.25) is 5.91 Å². The molecule has 0 unspecified atom stereocenters. The molecule has 2 aromatic rings. The van der Waals surface area contributed by atoms with Crippen LogP contribution >= 0.6 is 0 Å². The maximum absolute atomic E-state index is 12.2. The zero-order valence-corrected chi connectivity index (χ0v) is 15.2. The second-order valence-electron chi connectivity index (χ2n) is 5.94. The summed E-state index contributed by atoms with van der Waals surface area (Å²) in [5.41, 5.74) is 5.52. The lowest BCUT2D eigenvalue weighted by Crippen LogP contribution is -2.28. The van der Waals surface area contributed by atoms with Gasteiger partial charge in [0.15, 0.2) is 6.10 Å². The molecule has 0 saturated heterocycles. The number of rotatable bonds is 7. The van der Waals surface area contributed by atoms with Crippen molar-refractivity contribution in [2.45, 2.75) is 26.4 Å². The van der Waals surface area contributed by atoms with Crippen LogP contribution in [0.5, 0.6) is 0 Å². The minimum atomic E-state index is -0.755. The number of ether oxygens (including phenoxy) is 1. The number of benzene rings is 2. The van der Waals surface area contributed by atoms with E-state index in [2.05, 4.69) is 15.8 Å². The molecule has 0 aliphatic rings. The number of aryl methyl sites for hydroxylation is 1. The van der Waals surface area contributed by atoms with Crippen molar-refractivity contribution in [2.75, 3.05) is 12.4 Å². The lowest BCUT2D eigenvalue weighted by molar-refractivity contribution is -0.131. The first-order valence-corrected chi connectivity index (χ1v) is 8.27. The summed E-state index contributed by atoms with van der Waals surface area (Å²) in [6.45, 7) is 3.66. The van der Waals surface area contributed by atoms with Crippen LogP contribution in [0.4, 0.5) is 5.69 Å². The average Bonchev–Trinajstić information content (AvgIpc) is 2.63. The number of carbonyl (C=O) groups is 2. The molecule has 6 nitrogen and oxygen atoms in total. The first kappa shape index (κ1) is 19.3. The molecule has 6 heteroatoms. The van der Waals surface area contributed by atoms with Gasteiger partial charge in [0.25, 0.3) is 5.91 Å². The molecule has 0 saturated carbocycles. The Morgan fingerprint density at radius 1 is 1.08 bits per heavy atom. The quantitative estimate of drug-likeness (QED) is 0.592. The summed E-state index contributed by atoms with van der Waals surface area (Å²) >= 11 is 0. The molecule has 136 valence electrons. The van der Waals surface area contributed by atoms with Crippen LogP contribution < -0.4 is 10.7 Å². The van der Waals surface area contributed by atoms with Crippen molar-refractivity contribution >= 4 is 23.2 Å². The smallest absolute Gasteiger partial charge is 0.273 e. The van der Waals surface area contributed by atoms with Crippen molar-refractivity contribution in [3.05, 3.63) is 65.7 Å². The van der Waals surface area contributed by atoms with Crippen LogP contribution in [-0.4, -0.2) is 24.6 Å². The van der Waals surface area contributed by atoms with E-state index in [0.717, 1.165) is 16.8 Å². The first-order chi connectivity index (χ1) is 12.5.